The fourth-order valence-corrected chi connectivity index (χ4v) is 4.04. The zero-order valence-corrected chi connectivity index (χ0v) is 21.1. The number of aromatic nitrogens is 2. The monoisotopic (exact) mass is 512 g/mol. The molecule has 0 saturated heterocycles. The van der Waals surface area contributed by atoms with Crippen molar-refractivity contribution >= 4 is 17.1 Å². The van der Waals surface area contributed by atoms with Crippen molar-refractivity contribution in [3.05, 3.63) is 124 Å². The van der Waals surface area contributed by atoms with Crippen LogP contribution >= 0.6 is 0 Å². The van der Waals surface area contributed by atoms with Crippen LogP contribution in [0.4, 0.5) is 0 Å². The Morgan fingerprint density at radius 1 is 0.921 bits per heavy atom. The number of cyclic esters (lactones) is 1. The second-order valence-electron chi connectivity index (χ2n) is 8.92. The van der Waals surface area contributed by atoms with Crippen LogP contribution in [0.3, 0.4) is 0 Å². The Kier molecular flexibility index (Phi) is 7.68. The van der Waals surface area contributed by atoms with Crippen LogP contribution < -0.4 is 5.69 Å². The number of unbranched alkanes of at least 4 members (excludes halogenated alkanes) is 1. The van der Waals surface area contributed by atoms with E-state index >= 15 is 0 Å². The molecule has 194 valence electrons. The smallest absolute Gasteiger partial charge is 0.383 e. The number of furan rings is 1. The number of esters is 1. The van der Waals surface area contributed by atoms with Crippen molar-refractivity contribution in [2.75, 3.05) is 0 Å². The van der Waals surface area contributed by atoms with Crippen molar-refractivity contribution in [2.24, 2.45) is 0 Å². The molecule has 0 bridgehead atoms. The summed E-state index contributed by atoms with van der Waals surface area (Å²) in [5.41, 5.74) is 1.68. The highest BCUT2D eigenvalue weighted by Crippen LogP contribution is 2.30. The number of allylic oxidation sites excluding steroid dienone is 1. The number of aryl methyl sites for hydroxylation is 1. The minimum atomic E-state index is -0.647. The summed E-state index contributed by atoms with van der Waals surface area (Å²) in [6.07, 6.45) is 6.14. The molecule has 0 fully saturated rings. The lowest BCUT2D eigenvalue weighted by molar-refractivity contribution is -0.136. The summed E-state index contributed by atoms with van der Waals surface area (Å²) in [6, 6.07) is 21.0. The molecule has 8 nitrogen and oxygen atoms in total. The van der Waals surface area contributed by atoms with E-state index in [0.717, 1.165) is 41.5 Å². The van der Waals surface area contributed by atoms with E-state index in [-0.39, 0.29) is 37.0 Å². The Hall–Kier alpha value is -4.59. The van der Waals surface area contributed by atoms with Gasteiger partial charge in [-0.1, -0.05) is 74.0 Å². The summed E-state index contributed by atoms with van der Waals surface area (Å²) in [7, 11) is 0. The van der Waals surface area contributed by atoms with Crippen molar-refractivity contribution in [1.82, 2.24) is 9.55 Å². The van der Waals surface area contributed by atoms with Crippen LogP contribution in [-0.4, -0.2) is 15.5 Å². The van der Waals surface area contributed by atoms with E-state index in [1.807, 2.05) is 66.7 Å². The zero-order chi connectivity index (χ0) is 26.3. The number of rotatable bonds is 11. The van der Waals surface area contributed by atoms with Crippen LogP contribution in [0.5, 0.6) is 0 Å². The van der Waals surface area contributed by atoms with Gasteiger partial charge in [-0.3, -0.25) is 4.57 Å². The van der Waals surface area contributed by atoms with Gasteiger partial charge in [0.25, 0.3) is 5.76 Å². The summed E-state index contributed by atoms with van der Waals surface area (Å²) in [4.78, 5) is 29.5. The van der Waals surface area contributed by atoms with E-state index in [9.17, 15) is 9.59 Å². The van der Waals surface area contributed by atoms with Crippen molar-refractivity contribution in [3.63, 3.8) is 0 Å². The average Bonchev–Trinajstić information content (AvgIpc) is 3.47. The van der Waals surface area contributed by atoms with Gasteiger partial charge in [-0.15, -0.1) is 0 Å². The molecular formula is C30H28N2O6. The number of carbonyl (C=O) groups excluding carboxylic acids is 1. The molecule has 0 amide bonds. The van der Waals surface area contributed by atoms with Gasteiger partial charge in [0, 0.05) is 19.2 Å². The molecule has 0 unspecified atom stereocenters. The molecule has 5 rings (SSSR count). The Morgan fingerprint density at radius 2 is 1.58 bits per heavy atom. The van der Waals surface area contributed by atoms with Crippen LogP contribution in [0.1, 0.15) is 36.7 Å². The third kappa shape index (κ3) is 5.86. The first-order valence-electron chi connectivity index (χ1n) is 12.6. The third-order valence-electron chi connectivity index (χ3n) is 6.05. The molecule has 0 N–H and O–H groups in total. The fourth-order valence-electron chi connectivity index (χ4n) is 4.04. The summed E-state index contributed by atoms with van der Waals surface area (Å²) >= 11 is 0. The van der Waals surface area contributed by atoms with Crippen molar-refractivity contribution in [1.29, 1.82) is 0 Å². The van der Waals surface area contributed by atoms with Gasteiger partial charge in [0.2, 0.25) is 11.5 Å². The second kappa shape index (κ2) is 11.6. The first kappa shape index (κ1) is 25.1. The second-order valence-corrected chi connectivity index (χ2v) is 8.92. The van der Waals surface area contributed by atoms with E-state index in [1.54, 1.807) is 12.3 Å². The molecule has 1 aliphatic rings. The number of hydrogen-bond donors (Lipinski definition) is 0. The lowest BCUT2D eigenvalue weighted by Gasteiger charge is -2.10. The Morgan fingerprint density at radius 3 is 2.24 bits per heavy atom. The largest absolute Gasteiger partial charge is 0.481 e. The quantitative estimate of drug-likeness (QED) is 0.248. The summed E-state index contributed by atoms with van der Waals surface area (Å²) in [5, 5.41) is 0.737. The van der Waals surface area contributed by atoms with Gasteiger partial charge in [-0.25, -0.2) is 9.59 Å². The zero-order valence-electron chi connectivity index (χ0n) is 21.1. The van der Waals surface area contributed by atoms with Crippen LogP contribution in [0.15, 0.2) is 105 Å². The lowest BCUT2D eigenvalue weighted by atomic mass is 10.2. The molecule has 3 heterocycles. The molecular weight excluding hydrogens is 484 g/mol. The summed E-state index contributed by atoms with van der Waals surface area (Å²) in [5.74, 6) is 0.534. The van der Waals surface area contributed by atoms with Crippen LogP contribution in [0, 0.1) is 0 Å². The van der Waals surface area contributed by atoms with Gasteiger partial charge in [-0.2, -0.15) is 4.98 Å². The molecule has 4 aromatic rings. The Labute approximate surface area is 219 Å². The van der Waals surface area contributed by atoms with E-state index < -0.39 is 11.7 Å². The van der Waals surface area contributed by atoms with Gasteiger partial charge < -0.3 is 18.6 Å². The molecule has 1 aliphatic heterocycles. The number of hydrogen-bond acceptors (Lipinski definition) is 7. The predicted molar refractivity (Wildman–Crippen MR) is 141 cm³/mol. The molecule has 0 atom stereocenters. The topological polar surface area (TPSA) is 92.8 Å². The van der Waals surface area contributed by atoms with Crippen molar-refractivity contribution in [2.45, 2.75) is 45.9 Å². The summed E-state index contributed by atoms with van der Waals surface area (Å²) in [6.45, 7) is 2.62. The highest BCUT2D eigenvalue weighted by Gasteiger charge is 2.34. The third-order valence-corrected chi connectivity index (χ3v) is 6.05. The first-order chi connectivity index (χ1) is 18.6. The highest BCUT2D eigenvalue weighted by molar-refractivity contribution is 5.91. The fraction of sp³-hybridized carbons (Fsp3) is 0.233. The number of benzene rings is 2. The molecule has 8 heteroatoms. The maximum Gasteiger partial charge on any atom is 0.383 e. The molecule has 38 heavy (non-hydrogen) atoms. The van der Waals surface area contributed by atoms with E-state index in [1.165, 1.54) is 4.57 Å². The van der Waals surface area contributed by atoms with Gasteiger partial charge in [-0.05, 0) is 29.7 Å². The van der Waals surface area contributed by atoms with E-state index in [0.29, 0.717) is 5.71 Å². The van der Waals surface area contributed by atoms with Gasteiger partial charge in [0.1, 0.15) is 19.0 Å². The molecule has 2 aromatic heterocycles. The number of nitrogens with zero attached hydrogens (tertiary/aromatic N) is 2. The SMILES string of the molecule is CCCCc1cc2cn(C/C=C3\OC(=O)C(OCc4ccccc4)=C3OCc3ccccc3)c(=O)nc2o1. The Balaban J connectivity index is 1.40. The summed E-state index contributed by atoms with van der Waals surface area (Å²) < 4.78 is 24.5. The Bertz CT molecular complexity index is 1530. The van der Waals surface area contributed by atoms with Crippen LogP contribution in [0.2, 0.25) is 0 Å². The molecule has 0 radical (unpaired) electrons. The first-order valence-corrected chi connectivity index (χ1v) is 12.6. The average molecular weight is 513 g/mol. The maximum atomic E-state index is 12.8. The normalized spacial score (nSPS) is 14.3. The minimum absolute atomic E-state index is 0.00708. The van der Waals surface area contributed by atoms with Gasteiger partial charge in [0.05, 0.1) is 5.39 Å². The molecule has 0 saturated carbocycles. The van der Waals surface area contributed by atoms with Crippen molar-refractivity contribution < 1.29 is 23.4 Å². The predicted octanol–water partition coefficient (Wildman–Crippen LogP) is 5.42. The van der Waals surface area contributed by atoms with E-state index in [4.69, 9.17) is 18.6 Å². The van der Waals surface area contributed by atoms with Crippen molar-refractivity contribution in [3.8, 4) is 0 Å². The molecule has 2 aromatic carbocycles. The number of fused-ring (bicyclic) bond motifs is 1. The lowest BCUT2D eigenvalue weighted by Crippen LogP contribution is -2.21. The molecule has 0 spiro atoms. The highest BCUT2D eigenvalue weighted by atomic mass is 16.6. The van der Waals surface area contributed by atoms with E-state index in [2.05, 4.69) is 11.9 Å². The maximum absolute atomic E-state index is 12.8. The molecule has 0 aliphatic carbocycles. The van der Waals surface area contributed by atoms with Crippen LogP contribution in [0.25, 0.3) is 11.1 Å². The standard InChI is InChI=1S/C30H28N2O6/c1-2-3-14-24-17-23-18-32(30(34)31-28(23)37-24)16-15-25-26(35-19-21-10-6-4-7-11-21)27(29(33)38-25)36-20-22-12-8-5-9-13-22/h4-13,15,17-18H,2-3,14,16,19-20H2,1H3/b25-15-. The van der Waals surface area contributed by atoms with Crippen LogP contribution in [-0.2, 0) is 45.2 Å². The number of carbonyl (C=O) groups is 1. The minimum Gasteiger partial charge on any atom is -0.481 e. The van der Waals surface area contributed by atoms with Gasteiger partial charge in [0.15, 0.2) is 5.76 Å². The van der Waals surface area contributed by atoms with Gasteiger partial charge >= 0.3 is 11.7 Å². The number of ether oxygens (including phenoxy) is 3.